The monoisotopic (exact) mass is 436 g/mol. The van der Waals surface area contributed by atoms with E-state index in [0.29, 0.717) is 0 Å². The lowest BCUT2D eigenvalue weighted by Gasteiger charge is -2.20. The smallest absolute Gasteiger partial charge is 0.00694 e. The fourth-order valence-electron chi connectivity index (χ4n) is 5.57. The summed E-state index contributed by atoms with van der Waals surface area (Å²) < 4.78 is 0. The molecule has 0 atom stereocenters. The Labute approximate surface area is 201 Å². The quantitative estimate of drug-likeness (QED) is 0.253. The zero-order valence-electron chi connectivity index (χ0n) is 21.8. The van der Waals surface area contributed by atoms with E-state index in [9.17, 15) is 0 Å². The average molecular weight is 437 g/mol. The molecule has 0 aliphatic rings. The number of aryl methyl sites for hydroxylation is 7. The summed E-state index contributed by atoms with van der Waals surface area (Å²) in [6, 6.07) is 17.0. The first kappa shape index (κ1) is 23.6. The Kier molecular flexibility index (Phi) is 6.94. The number of benzene rings is 4. The summed E-state index contributed by atoms with van der Waals surface area (Å²) in [5, 5.41) is 5.69. The maximum Gasteiger partial charge on any atom is -0.00694 e. The third-order valence-electron chi connectivity index (χ3n) is 7.40. The van der Waals surface area contributed by atoms with Crippen molar-refractivity contribution in [2.24, 2.45) is 0 Å². The molecule has 0 bridgehead atoms. The molecule has 33 heavy (non-hydrogen) atoms. The molecule has 0 unspecified atom stereocenters. The number of unbranched alkanes of at least 4 members (excludes halogenated alkanes) is 2. The highest BCUT2D eigenvalue weighted by atomic mass is 14.2. The molecule has 0 heterocycles. The molecule has 0 saturated carbocycles. The van der Waals surface area contributed by atoms with Gasteiger partial charge in [-0.3, -0.25) is 0 Å². The average Bonchev–Trinajstić information content (AvgIpc) is 2.76. The highest BCUT2D eigenvalue weighted by Gasteiger charge is 2.17. The summed E-state index contributed by atoms with van der Waals surface area (Å²) in [5.74, 6) is 0. The van der Waals surface area contributed by atoms with Gasteiger partial charge in [-0.05, 0) is 121 Å². The second-order valence-corrected chi connectivity index (χ2v) is 10.2. The third kappa shape index (κ3) is 4.58. The Morgan fingerprint density at radius 2 is 1.00 bits per heavy atom. The molecule has 0 radical (unpaired) electrons. The van der Waals surface area contributed by atoms with Crippen molar-refractivity contribution in [3.8, 4) is 11.1 Å². The van der Waals surface area contributed by atoms with E-state index in [4.69, 9.17) is 0 Å². The van der Waals surface area contributed by atoms with Gasteiger partial charge in [-0.15, -0.1) is 0 Å². The summed E-state index contributed by atoms with van der Waals surface area (Å²) in [4.78, 5) is 0. The van der Waals surface area contributed by atoms with Crippen molar-refractivity contribution in [1.82, 2.24) is 0 Å². The molecule has 0 nitrogen and oxygen atoms in total. The largest absolute Gasteiger partial charge is 0.0654 e. The highest BCUT2D eigenvalue weighted by Crippen LogP contribution is 2.41. The Hall–Kier alpha value is -2.60. The minimum absolute atomic E-state index is 1.17. The minimum Gasteiger partial charge on any atom is -0.0654 e. The number of fused-ring (bicyclic) bond motifs is 3. The molecule has 4 rings (SSSR count). The third-order valence-corrected chi connectivity index (χ3v) is 7.40. The Bertz CT molecular complexity index is 1300. The van der Waals surface area contributed by atoms with Gasteiger partial charge in [-0.1, -0.05) is 80.3 Å². The molecule has 172 valence electrons. The van der Waals surface area contributed by atoms with Crippen molar-refractivity contribution in [3.05, 3.63) is 81.4 Å². The molecule has 0 amide bonds. The lowest BCUT2D eigenvalue weighted by Crippen LogP contribution is -1.98. The van der Waals surface area contributed by atoms with Crippen LogP contribution in [0, 0.1) is 34.6 Å². The van der Waals surface area contributed by atoms with Crippen LogP contribution in [-0.4, -0.2) is 0 Å². The van der Waals surface area contributed by atoms with Crippen LogP contribution in [0.4, 0.5) is 0 Å². The van der Waals surface area contributed by atoms with E-state index in [0.717, 1.165) is 0 Å². The van der Waals surface area contributed by atoms with E-state index in [1.165, 1.54) is 110 Å². The van der Waals surface area contributed by atoms with Crippen molar-refractivity contribution in [2.75, 3.05) is 0 Å². The first-order valence-corrected chi connectivity index (χ1v) is 12.9. The summed E-state index contributed by atoms with van der Waals surface area (Å²) in [5.41, 5.74) is 12.7. The van der Waals surface area contributed by atoms with E-state index in [1.54, 1.807) is 0 Å². The van der Waals surface area contributed by atoms with Gasteiger partial charge < -0.3 is 0 Å². The van der Waals surface area contributed by atoms with Gasteiger partial charge in [0.15, 0.2) is 0 Å². The molecule has 0 heteroatoms. The van der Waals surface area contributed by atoms with Crippen molar-refractivity contribution in [3.63, 3.8) is 0 Å². The first-order chi connectivity index (χ1) is 15.8. The number of rotatable bonds is 7. The number of hydrogen-bond donors (Lipinski definition) is 0. The van der Waals surface area contributed by atoms with Crippen LogP contribution in [0.5, 0.6) is 0 Å². The predicted molar refractivity (Wildman–Crippen MR) is 148 cm³/mol. The Morgan fingerprint density at radius 1 is 0.515 bits per heavy atom. The van der Waals surface area contributed by atoms with Gasteiger partial charge in [-0.25, -0.2) is 0 Å². The van der Waals surface area contributed by atoms with E-state index in [1.807, 2.05) is 0 Å². The van der Waals surface area contributed by atoms with Crippen LogP contribution < -0.4 is 0 Å². The van der Waals surface area contributed by atoms with Gasteiger partial charge in [-0.2, -0.15) is 0 Å². The summed E-state index contributed by atoms with van der Waals surface area (Å²) >= 11 is 0. The molecule has 0 N–H and O–H groups in total. The summed E-state index contributed by atoms with van der Waals surface area (Å²) in [7, 11) is 0. The molecular formula is C33H40. The van der Waals surface area contributed by atoms with Crippen LogP contribution in [0.2, 0.25) is 0 Å². The molecule has 0 aliphatic carbocycles. The maximum atomic E-state index is 2.52. The Morgan fingerprint density at radius 3 is 1.52 bits per heavy atom. The number of hydrogen-bond acceptors (Lipinski definition) is 0. The topological polar surface area (TPSA) is 0 Å². The molecule has 4 aromatic rings. The van der Waals surface area contributed by atoms with E-state index >= 15 is 0 Å². The summed E-state index contributed by atoms with van der Waals surface area (Å²) in [6.07, 6.45) is 7.32. The van der Waals surface area contributed by atoms with Gasteiger partial charge in [0.1, 0.15) is 0 Å². The second kappa shape index (κ2) is 9.72. The van der Waals surface area contributed by atoms with Crippen LogP contribution >= 0.6 is 0 Å². The van der Waals surface area contributed by atoms with Crippen LogP contribution in [0.3, 0.4) is 0 Å². The Balaban J connectivity index is 2.12. The van der Waals surface area contributed by atoms with Crippen molar-refractivity contribution >= 4 is 21.5 Å². The SMILES string of the molecule is CCCCc1cc2c(cc1C)c(C)c(-c1cc(C)cc(C)c1)c1cc(C)c(CCCC)cc12. The van der Waals surface area contributed by atoms with Crippen LogP contribution in [-0.2, 0) is 12.8 Å². The lowest BCUT2D eigenvalue weighted by atomic mass is 9.84. The fraction of sp³-hybridized carbons (Fsp3) is 0.394. The van der Waals surface area contributed by atoms with E-state index in [-0.39, 0.29) is 0 Å². The van der Waals surface area contributed by atoms with Gasteiger partial charge in [0.25, 0.3) is 0 Å². The molecule has 0 aromatic heterocycles. The fourth-order valence-corrected chi connectivity index (χ4v) is 5.57. The first-order valence-electron chi connectivity index (χ1n) is 12.9. The van der Waals surface area contributed by atoms with Crippen molar-refractivity contribution < 1.29 is 0 Å². The summed E-state index contributed by atoms with van der Waals surface area (Å²) in [6.45, 7) is 15.9. The van der Waals surface area contributed by atoms with Gasteiger partial charge in [0.05, 0.1) is 0 Å². The van der Waals surface area contributed by atoms with Crippen molar-refractivity contribution in [1.29, 1.82) is 0 Å². The predicted octanol–water partition coefficient (Wildman–Crippen LogP) is 9.89. The van der Waals surface area contributed by atoms with Gasteiger partial charge in [0.2, 0.25) is 0 Å². The normalized spacial score (nSPS) is 11.6. The van der Waals surface area contributed by atoms with E-state index in [2.05, 4.69) is 90.9 Å². The van der Waals surface area contributed by atoms with Crippen LogP contribution in [0.15, 0.2) is 42.5 Å². The zero-order chi connectivity index (χ0) is 23.7. The molecule has 4 aromatic carbocycles. The van der Waals surface area contributed by atoms with Crippen LogP contribution in [0.25, 0.3) is 32.7 Å². The molecule has 0 spiro atoms. The zero-order valence-corrected chi connectivity index (χ0v) is 21.8. The maximum absolute atomic E-state index is 2.52. The minimum atomic E-state index is 1.17. The molecule has 0 aliphatic heterocycles. The second-order valence-electron chi connectivity index (χ2n) is 10.2. The van der Waals surface area contributed by atoms with Gasteiger partial charge >= 0.3 is 0 Å². The highest BCUT2D eigenvalue weighted by molar-refractivity contribution is 6.16. The van der Waals surface area contributed by atoms with Crippen LogP contribution in [0.1, 0.15) is 78.5 Å². The van der Waals surface area contributed by atoms with Gasteiger partial charge in [0, 0.05) is 0 Å². The molecule has 0 saturated heterocycles. The molecule has 0 fully saturated rings. The lowest BCUT2D eigenvalue weighted by molar-refractivity contribution is 0.792. The molecular weight excluding hydrogens is 396 g/mol. The van der Waals surface area contributed by atoms with Crippen molar-refractivity contribution in [2.45, 2.75) is 87.0 Å². The standard InChI is InChI=1S/C33H40/c1-8-10-12-26-19-30-29(17-23(26)5)25(7)33(28-15-21(3)14-22(4)16-28)32-18-24(6)27(13-11-9-2)20-31(30)32/h14-20H,8-13H2,1-7H3. The van der Waals surface area contributed by atoms with E-state index < -0.39 is 0 Å².